The Labute approximate surface area is 150 Å². The van der Waals surface area contributed by atoms with Crippen LogP contribution in [0, 0.1) is 0 Å². The molecule has 1 aliphatic rings. The summed E-state index contributed by atoms with van der Waals surface area (Å²) in [5.41, 5.74) is 1.85. The molecule has 2 amide bonds. The van der Waals surface area contributed by atoms with Crippen molar-refractivity contribution in [2.75, 3.05) is 13.1 Å². The minimum absolute atomic E-state index is 0.00278. The van der Waals surface area contributed by atoms with Crippen molar-refractivity contribution in [3.63, 3.8) is 0 Å². The molecule has 0 radical (unpaired) electrons. The molecule has 2 heterocycles. The van der Waals surface area contributed by atoms with Crippen LogP contribution in [0.15, 0.2) is 41.8 Å². The SMILES string of the molecule is CC(=O)c1cc(CC(=O)N2CCNC(=O)C2Cc2ccccc2)cs1. The fourth-order valence-electron chi connectivity index (χ4n) is 2.98. The molecule has 0 saturated carbocycles. The highest BCUT2D eigenvalue weighted by Gasteiger charge is 2.33. The summed E-state index contributed by atoms with van der Waals surface area (Å²) in [4.78, 5) is 38.8. The Morgan fingerprint density at radius 3 is 2.68 bits per heavy atom. The Morgan fingerprint density at radius 1 is 1.24 bits per heavy atom. The van der Waals surface area contributed by atoms with Crippen molar-refractivity contribution in [1.29, 1.82) is 0 Å². The van der Waals surface area contributed by atoms with Crippen molar-refractivity contribution in [3.05, 3.63) is 57.8 Å². The Morgan fingerprint density at radius 2 is 2.00 bits per heavy atom. The zero-order chi connectivity index (χ0) is 17.8. The summed E-state index contributed by atoms with van der Waals surface area (Å²) >= 11 is 1.35. The predicted molar refractivity (Wildman–Crippen MR) is 96.7 cm³/mol. The smallest absolute Gasteiger partial charge is 0.243 e. The summed E-state index contributed by atoms with van der Waals surface area (Å²) in [6.45, 7) is 2.49. The highest BCUT2D eigenvalue weighted by Crippen LogP contribution is 2.18. The lowest BCUT2D eigenvalue weighted by atomic mass is 10.0. The average molecular weight is 356 g/mol. The number of carbonyl (C=O) groups excluding carboxylic acids is 3. The van der Waals surface area contributed by atoms with E-state index in [1.54, 1.807) is 11.0 Å². The number of benzene rings is 1. The molecule has 3 rings (SSSR count). The van der Waals surface area contributed by atoms with E-state index in [2.05, 4.69) is 5.32 Å². The standard InChI is InChI=1S/C19H20N2O3S/c1-13(22)17-10-15(12-25-17)11-18(23)21-8-7-20-19(24)16(21)9-14-5-3-2-4-6-14/h2-6,10,12,16H,7-9,11H2,1H3,(H,20,24). The molecule has 2 aromatic rings. The first-order valence-corrected chi connectivity index (χ1v) is 9.12. The van der Waals surface area contributed by atoms with E-state index in [0.29, 0.717) is 24.4 Å². The Balaban J connectivity index is 1.73. The van der Waals surface area contributed by atoms with Crippen LogP contribution < -0.4 is 5.32 Å². The second-order valence-corrected chi connectivity index (χ2v) is 7.05. The molecule has 1 aromatic carbocycles. The van der Waals surface area contributed by atoms with Crippen LogP contribution in [-0.2, 0) is 22.4 Å². The molecule has 1 fully saturated rings. The number of amides is 2. The molecule has 1 N–H and O–H groups in total. The maximum absolute atomic E-state index is 12.8. The van der Waals surface area contributed by atoms with E-state index < -0.39 is 6.04 Å². The molecule has 130 valence electrons. The van der Waals surface area contributed by atoms with E-state index in [1.165, 1.54) is 18.3 Å². The van der Waals surface area contributed by atoms with Gasteiger partial charge in [0.1, 0.15) is 6.04 Å². The first kappa shape index (κ1) is 17.4. The average Bonchev–Trinajstić information content (AvgIpc) is 3.06. The fourth-order valence-corrected chi connectivity index (χ4v) is 3.80. The third-order valence-electron chi connectivity index (χ3n) is 4.28. The van der Waals surface area contributed by atoms with Crippen LogP contribution in [0.5, 0.6) is 0 Å². The van der Waals surface area contributed by atoms with Gasteiger partial charge in [0.05, 0.1) is 11.3 Å². The Hall–Kier alpha value is -2.47. The Kier molecular flexibility index (Phi) is 5.28. The van der Waals surface area contributed by atoms with Crippen LogP contribution >= 0.6 is 11.3 Å². The molecular formula is C19H20N2O3S. The minimum Gasteiger partial charge on any atom is -0.353 e. The maximum atomic E-state index is 12.8. The largest absolute Gasteiger partial charge is 0.353 e. The van der Waals surface area contributed by atoms with Gasteiger partial charge in [-0.3, -0.25) is 14.4 Å². The van der Waals surface area contributed by atoms with Gasteiger partial charge in [-0.05, 0) is 29.5 Å². The number of nitrogens with zero attached hydrogens (tertiary/aromatic N) is 1. The summed E-state index contributed by atoms with van der Waals surface area (Å²) in [6.07, 6.45) is 0.711. The lowest BCUT2D eigenvalue weighted by molar-refractivity contribution is -0.142. The van der Waals surface area contributed by atoms with E-state index in [-0.39, 0.29) is 24.0 Å². The highest BCUT2D eigenvalue weighted by molar-refractivity contribution is 7.12. The van der Waals surface area contributed by atoms with Gasteiger partial charge in [0.2, 0.25) is 11.8 Å². The first-order valence-electron chi connectivity index (χ1n) is 8.24. The van der Waals surface area contributed by atoms with Crippen molar-refractivity contribution in [2.24, 2.45) is 0 Å². The molecule has 0 spiro atoms. The lowest BCUT2D eigenvalue weighted by Crippen LogP contribution is -2.58. The predicted octanol–water partition coefficient (Wildman–Crippen LogP) is 2.06. The van der Waals surface area contributed by atoms with Gasteiger partial charge in [0.25, 0.3) is 0 Å². The third kappa shape index (κ3) is 4.14. The Bertz CT molecular complexity index is 785. The second kappa shape index (κ2) is 7.61. The van der Waals surface area contributed by atoms with Crippen LogP contribution in [0.1, 0.15) is 27.7 Å². The van der Waals surface area contributed by atoms with Gasteiger partial charge in [-0.25, -0.2) is 0 Å². The van der Waals surface area contributed by atoms with E-state index in [1.807, 2.05) is 35.7 Å². The first-order chi connectivity index (χ1) is 12.0. The van der Waals surface area contributed by atoms with E-state index in [0.717, 1.165) is 11.1 Å². The molecule has 1 atom stereocenters. The van der Waals surface area contributed by atoms with Crippen LogP contribution in [0.2, 0.25) is 0 Å². The number of carbonyl (C=O) groups is 3. The second-order valence-electron chi connectivity index (χ2n) is 6.14. The molecule has 1 aliphatic heterocycles. The third-order valence-corrected chi connectivity index (χ3v) is 5.36. The van der Waals surface area contributed by atoms with Gasteiger partial charge >= 0.3 is 0 Å². The molecule has 1 aromatic heterocycles. The topological polar surface area (TPSA) is 66.5 Å². The molecule has 5 nitrogen and oxygen atoms in total. The van der Waals surface area contributed by atoms with Gasteiger partial charge in [-0.2, -0.15) is 0 Å². The fraction of sp³-hybridized carbons (Fsp3) is 0.316. The summed E-state index contributed by atoms with van der Waals surface area (Å²) in [5, 5.41) is 4.68. The quantitative estimate of drug-likeness (QED) is 0.834. The van der Waals surface area contributed by atoms with E-state index in [9.17, 15) is 14.4 Å². The van der Waals surface area contributed by atoms with Crippen molar-refractivity contribution < 1.29 is 14.4 Å². The molecule has 25 heavy (non-hydrogen) atoms. The van der Waals surface area contributed by atoms with Gasteiger partial charge in [-0.1, -0.05) is 30.3 Å². The lowest BCUT2D eigenvalue weighted by Gasteiger charge is -2.35. The number of piperazine rings is 1. The summed E-state index contributed by atoms with van der Waals surface area (Å²) in [5.74, 6) is -0.190. The van der Waals surface area contributed by atoms with Crippen molar-refractivity contribution in [1.82, 2.24) is 10.2 Å². The molecular weight excluding hydrogens is 336 g/mol. The van der Waals surface area contributed by atoms with Gasteiger partial charge in [0.15, 0.2) is 5.78 Å². The number of ketones is 1. The molecule has 0 aliphatic carbocycles. The monoisotopic (exact) mass is 356 g/mol. The number of hydrogen-bond acceptors (Lipinski definition) is 4. The maximum Gasteiger partial charge on any atom is 0.243 e. The molecule has 1 unspecified atom stereocenters. The number of thiophene rings is 1. The highest BCUT2D eigenvalue weighted by atomic mass is 32.1. The number of rotatable bonds is 5. The van der Waals surface area contributed by atoms with Crippen LogP contribution in [0.3, 0.4) is 0 Å². The van der Waals surface area contributed by atoms with Crippen LogP contribution in [-0.4, -0.2) is 41.6 Å². The number of nitrogens with one attached hydrogen (secondary N) is 1. The number of hydrogen-bond donors (Lipinski definition) is 1. The zero-order valence-corrected chi connectivity index (χ0v) is 14.8. The van der Waals surface area contributed by atoms with Gasteiger partial charge in [0, 0.05) is 19.5 Å². The van der Waals surface area contributed by atoms with Crippen molar-refractivity contribution in [3.8, 4) is 0 Å². The molecule has 1 saturated heterocycles. The van der Waals surface area contributed by atoms with Crippen LogP contribution in [0.25, 0.3) is 0 Å². The molecule has 6 heteroatoms. The van der Waals surface area contributed by atoms with Crippen LogP contribution in [0.4, 0.5) is 0 Å². The van der Waals surface area contributed by atoms with Gasteiger partial charge < -0.3 is 10.2 Å². The summed E-state index contributed by atoms with van der Waals surface area (Å²) in [6, 6.07) is 11.0. The summed E-state index contributed by atoms with van der Waals surface area (Å²) in [7, 11) is 0. The normalized spacial score (nSPS) is 17.2. The minimum atomic E-state index is -0.491. The van der Waals surface area contributed by atoms with E-state index in [4.69, 9.17) is 0 Å². The summed E-state index contributed by atoms with van der Waals surface area (Å²) < 4.78 is 0. The number of Topliss-reactive ketones (excluding diaryl/α,β-unsaturated/α-hetero) is 1. The zero-order valence-electron chi connectivity index (χ0n) is 14.0. The van der Waals surface area contributed by atoms with Crippen molar-refractivity contribution >= 4 is 28.9 Å². The van der Waals surface area contributed by atoms with E-state index >= 15 is 0 Å². The van der Waals surface area contributed by atoms with Crippen molar-refractivity contribution in [2.45, 2.75) is 25.8 Å². The van der Waals surface area contributed by atoms with Gasteiger partial charge in [-0.15, -0.1) is 11.3 Å². The molecule has 0 bridgehead atoms.